The summed E-state index contributed by atoms with van der Waals surface area (Å²) in [6.45, 7) is 3.36. The Morgan fingerprint density at radius 2 is 1.61 bits per heavy atom. The van der Waals surface area contributed by atoms with Crippen molar-refractivity contribution in [1.82, 2.24) is 0 Å². The van der Waals surface area contributed by atoms with Gasteiger partial charge < -0.3 is 9.84 Å². The molecule has 6 heteroatoms. The molecule has 2 aromatic rings. The van der Waals surface area contributed by atoms with Crippen molar-refractivity contribution >= 4 is 11.7 Å². The van der Waals surface area contributed by atoms with Crippen molar-refractivity contribution in [3.8, 4) is 0 Å². The predicted molar refractivity (Wildman–Crippen MR) is 83.8 cm³/mol. The second-order valence-corrected chi connectivity index (χ2v) is 5.33. The minimum absolute atomic E-state index is 0.124. The molecule has 6 nitrogen and oxygen atoms in total. The van der Waals surface area contributed by atoms with Gasteiger partial charge in [0, 0.05) is 12.1 Å². The standard InChI is InChI=1S/C17H17NO5/c1-12(2)23-16(19)17(20,13-6-4-3-5-7-13)14-8-10-15(11-9-14)18(21)22/h3-12,20H,1-2H3. The van der Waals surface area contributed by atoms with E-state index in [1.807, 2.05) is 0 Å². The van der Waals surface area contributed by atoms with Crippen LogP contribution < -0.4 is 0 Å². The maximum Gasteiger partial charge on any atom is 0.347 e. The third kappa shape index (κ3) is 3.37. The first-order chi connectivity index (χ1) is 10.9. The van der Waals surface area contributed by atoms with Crippen molar-refractivity contribution in [2.45, 2.75) is 25.6 Å². The zero-order valence-electron chi connectivity index (χ0n) is 12.8. The van der Waals surface area contributed by atoms with E-state index in [0.717, 1.165) is 0 Å². The highest BCUT2D eigenvalue weighted by molar-refractivity contribution is 5.85. The van der Waals surface area contributed by atoms with E-state index < -0.39 is 22.6 Å². The number of carbonyl (C=O) groups is 1. The van der Waals surface area contributed by atoms with Gasteiger partial charge in [0.15, 0.2) is 0 Å². The van der Waals surface area contributed by atoms with Crippen molar-refractivity contribution in [2.75, 3.05) is 0 Å². The number of hydrogen-bond acceptors (Lipinski definition) is 5. The van der Waals surface area contributed by atoms with Crippen LogP contribution in [0.4, 0.5) is 5.69 Å². The molecule has 2 aromatic carbocycles. The summed E-state index contributed by atoms with van der Waals surface area (Å²) in [5, 5.41) is 21.8. The molecule has 0 aliphatic heterocycles. The smallest absolute Gasteiger partial charge is 0.347 e. The molecule has 0 heterocycles. The Bertz CT molecular complexity index is 697. The van der Waals surface area contributed by atoms with Crippen molar-refractivity contribution in [2.24, 2.45) is 0 Å². The molecule has 2 rings (SSSR count). The average Bonchev–Trinajstić information content (AvgIpc) is 2.54. The summed E-state index contributed by atoms with van der Waals surface area (Å²) in [6, 6.07) is 13.5. The number of benzene rings is 2. The second-order valence-electron chi connectivity index (χ2n) is 5.33. The molecule has 0 amide bonds. The topological polar surface area (TPSA) is 89.7 Å². The van der Waals surface area contributed by atoms with Crippen molar-refractivity contribution in [3.05, 3.63) is 75.8 Å². The van der Waals surface area contributed by atoms with Crippen LogP contribution in [0.2, 0.25) is 0 Å². The number of hydrogen-bond donors (Lipinski definition) is 1. The first-order valence-corrected chi connectivity index (χ1v) is 7.09. The van der Waals surface area contributed by atoms with E-state index in [9.17, 15) is 20.0 Å². The van der Waals surface area contributed by atoms with Gasteiger partial charge in [-0.05, 0) is 37.1 Å². The van der Waals surface area contributed by atoms with Gasteiger partial charge in [0.05, 0.1) is 11.0 Å². The monoisotopic (exact) mass is 315 g/mol. The summed E-state index contributed by atoms with van der Waals surface area (Å²) in [5.41, 5.74) is -1.61. The minimum atomic E-state index is -2.03. The van der Waals surface area contributed by atoms with E-state index in [1.165, 1.54) is 24.3 Å². The molecule has 0 bridgehead atoms. The molecule has 0 spiro atoms. The molecule has 0 saturated carbocycles. The Kier molecular flexibility index (Phi) is 4.76. The summed E-state index contributed by atoms with van der Waals surface area (Å²) < 4.78 is 5.18. The van der Waals surface area contributed by atoms with Crippen LogP contribution in [0.5, 0.6) is 0 Å². The summed E-state index contributed by atoms with van der Waals surface area (Å²) in [4.78, 5) is 22.7. The second kappa shape index (κ2) is 6.58. The molecular formula is C17H17NO5. The Morgan fingerprint density at radius 1 is 1.09 bits per heavy atom. The van der Waals surface area contributed by atoms with Gasteiger partial charge in [-0.25, -0.2) is 4.79 Å². The molecule has 0 aliphatic rings. The van der Waals surface area contributed by atoms with Crippen LogP contribution in [-0.4, -0.2) is 22.1 Å². The number of nitrogens with zero attached hydrogens (tertiary/aromatic N) is 1. The maximum atomic E-state index is 12.5. The van der Waals surface area contributed by atoms with Crippen LogP contribution in [-0.2, 0) is 15.1 Å². The van der Waals surface area contributed by atoms with Crippen molar-refractivity contribution in [1.29, 1.82) is 0 Å². The third-order valence-corrected chi connectivity index (χ3v) is 3.33. The highest BCUT2D eigenvalue weighted by atomic mass is 16.6. The third-order valence-electron chi connectivity index (χ3n) is 3.33. The quantitative estimate of drug-likeness (QED) is 0.520. The lowest BCUT2D eigenvalue weighted by Gasteiger charge is -2.28. The van der Waals surface area contributed by atoms with Crippen molar-refractivity contribution < 1.29 is 19.6 Å². The molecule has 0 radical (unpaired) electrons. The van der Waals surface area contributed by atoms with Crippen LogP contribution in [0.1, 0.15) is 25.0 Å². The predicted octanol–water partition coefficient (Wildman–Crippen LogP) is 2.78. The summed E-state index contributed by atoms with van der Waals surface area (Å²) >= 11 is 0. The Morgan fingerprint density at radius 3 is 2.09 bits per heavy atom. The Hall–Kier alpha value is -2.73. The lowest BCUT2D eigenvalue weighted by molar-refractivity contribution is -0.384. The largest absolute Gasteiger partial charge is 0.460 e. The summed E-state index contributed by atoms with van der Waals surface area (Å²) in [7, 11) is 0. The molecule has 1 atom stereocenters. The molecule has 120 valence electrons. The number of carbonyl (C=O) groups excluding carboxylic acids is 1. The van der Waals surface area contributed by atoms with E-state index in [1.54, 1.807) is 44.2 Å². The number of non-ortho nitro benzene ring substituents is 1. The number of ether oxygens (including phenoxy) is 1. The van der Waals surface area contributed by atoms with Gasteiger partial charge >= 0.3 is 5.97 Å². The van der Waals surface area contributed by atoms with Crippen LogP contribution >= 0.6 is 0 Å². The Balaban J connectivity index is 2.53. The van der Waals surface area contributed by atoms with Crippen LogP contribution in [0.25, 0.3) is 0 Å². The summed E-state index contributed by atoms with van der Waals surface area (Å²) in [6.07, 6.45) is -0.407. The van der Waals surface area contributed by atoms with Crippen LogP contribution in [0, 0.1) is 10.1 Å². The van der Waals surface area contributed by atoms with Gasteiger partial charge in [-0.3, -0.25) is 10.1 Å². The summed E-state index contributed by atoms with van der Waals surface area (Å²) in [5.74, 6) is -0.826. The highest BCUT2D eigenvalue weighted by Crippen LogP contribution is 2.32. The van der Waals surface area contributed by atoms with Gasteiger partial charge in [-0.1, -0.05) is 30.3 Å². The zero-order valence-corrected chi connectivity index (χ0v) is 12.8. The fourth-order valence-corrected chi connectivity index (χ4v) is 2.21. The first kappa shape index (κ1) is 16.6. The number of rotatable bonds is 5. The molecule has 0 aromatic heterocycles. The number of nitro benzene ring substituents is 1. The molecular weight excluding hydrogens is 298 g/mol. The fraction of sp³-hybridized carbons (Fsp3) is 0.235. The van der Waals surface area contributed by atoms with Crippen LogP contribution in [0.3, 0.4) is 0 Å². The normalized spacial score (nSPS) is 13.4. The van der Waals surface area contributed by atoms with Gasteiger partial charge in [0.25, 0.3) is 5.69 Å². The van der Waals surface area contributed by atoms with Gasteiger partial charge in [-0.2, -0.15) is 0 Å². The molecule has 0 saturated heterocycles. The number of nitro groups is 1. The first-order valence-electron chi connectivity index (χ1n) is 7.09. The molecule has 1 N–H and O–H groups in total. The lowest BCUT2D eigenvalue weighted by Crippen LogP contribution is -2.39. The van der Waals surface area contributed by atoms with Gasteiger partial charge in [-0.15, -0.1) is 0 Å². The molecule has 0 aliphatic carbocycles. The molecule has 23 heavy (non-hydrogen) atoms. The Labute approximate surface area is 133 Å². The van der Waals surface area contributed by atoms with E-state index in [0.29, 0.717) is 5.56 Å². The fourth-order valence-electron chi connectivity index (χ4n) is 2.21. The molecule has 1 unspecified atom stereocenters. The molecule has 0 fully saturated rings. The average molecular weight is 315 g/mol. The highest BCUT2D eigenvalue weighted by Gasteiger charge is 2.42. The van der Waals surface area contributed by atoms with E-state index >= 15 is 0 Å². The SMILES string of the molecule is CC(C)OC(=O)C(O)(c1ccccc1)c1ccc([N+](=O)[O-])cc1. The van der Waals surface area contributed by atoms with Gasteiger partial charge in [0.2, 0.25) is 5.60 Å². The lowest BCUT2D eigenvalue weighted by atomic mass is 9.86. The maximum absolute atomic E-state index is 12.5. The van der Waals surface area contributed by atoms with Crippen molar-refractivity contribution in [3.63, 3.8) is 0 Å². The zero-order chi connectivity index (χ0) is 17.0. The number of esters is 1. The van der Waals surface area contributed by atoms with E-state index in [-0.39, 0.29) is 11.3 Å². The van der Waals surface area contributed by atoms with Gasteiger partial charge in [0.1, 0.15) is 0 Å². The van der Waals surface area contributed by atoms with Crippen LogP contribution in [0.15, 0.2) is 54.6 Å². The van der Waals surface area contributed by atoms with E-state index in [4.69, 9.17) is 4.74 Å². The minimum Gasteiger partial charge on any atom is -0.460 e. The number of aliphatic hydroxyl groups is 1. The van der Waals surface area contributed by atoms with E-state index in [2.05, 4.69) is 0 Å².